The first-order chi connectivity index (χ1) is 13.3. The first kappa shape index (κ1) is 18.9. The molecule has 0 spiro atoms. The van der Waals surface area contributed by atoms with Crippen LogP contribution in [0, 0.1) is 5.82 Å². The molecule has 0 aliphatic rings. The Morgan fingerprint density at radius 1 is 1.21 bits per heavy atom. The van der Waals surface area contributed by atoms with Gasteiger partial charge in [-0.05, 0) is 18.2 Å². The normalized spacial score (nSPS) is 10.6. The van der Waals surface area contributed by atoms with Gasteiger partial charge in [0.1, 0.15) is 23.6 Å². The average Bonchev–Trinajstić information content (AvgIpc) is 2.66. The largest absolute Gasteiger partial charge is 0.506 e. The molecule has 0 radical (unpaired) electrons. The number of rotatable bonds is 5. The van der Waals surface area contributed by atoms with Crippen LogP contribution in [0.4, 0.5) is 4.39 Å². The molecule has 0 bridgehead atoms. The second-order valence-corrected chi connectivity index (χ2v) is 5.88. The fraction of sp³-hybridized carbons (Fsp3) is 0.105. The number of aromatic hydroxyl groups is 1. The molecule has 3 aromatic rings. The van der Waals surface area contributed by atoms with Crippen molar-refractivity contribution < 1.29 is 28.9 Å². The van der Waals surface area contributed by atoms with E-state index in [0.717, 1.165) is 10.6 Å². The highest BCUT2D eigenvalue weighted by Gasteiger charge is 2.23. The fourth-order valence-corrected chi connectivity index (χ4v) is 2.67. The van der Waals surface area contributed by atoms with Crippen molar-refractivity contribution in [1.82, 2.24) is 9.88 Å². The SMILES string of the molecule is Cn1c(=O)c(C(=O)NCC(=O)O)c(O)c2cc(F)c(Oc3ccccc3)cc21. The summed E-state index contributed by atoms with van der Waals surface area (Å²) >= 11 is 0. The highest BCUT2D eigenvalue weighted by Crippen LogP contribution is 2.33. The van der Waals surface area contributed by atoms with Gasteiger partial charge in [0.25, 0.3) is 11.5 Å². The molecule has 0 fully saturated rings. The van der Waals surface area contributed by atoms with Crippen molar-refractivity contribution in [3.8, 4) is 17.2 Å². The number of carboxylic acids is 1. The summed E-state index contributed by atoms with van der Waals surface area (Å²) in [5.74, 6) is -3.75. The maximum absolute atomic E-state index is 14.5. The van der Waals surface area contributed by atoms with E-state index in [1.165, 1.54) is 13.1 Å². The topological polar surface area (TPSA) is 118 Å². The molecule has 1 aromatic heterocycles. The van der Waals surface area contributed by atoms with Gasteiger partial charge in [0, 0.05) is 18.5 Å². The maximum atomic E-state index is 14.5. The fourth-order valence-electron chi connectivity index (χ4n) is 2.67. The van der Waals surface area contributed by atoms with E-state index < -0.39 is 41.1 Å². The molecule has 28 heavy (non-hydrogen) atoms. The van der Waals surface area contributed by atoms with Crippen LogP contribution in [0.15, 0.2) is 47.3 Å². The van der Waals surface area contributed by atoms with Gasteiger partial charge >= 0.3 is 5.97 Å². The molecule has 3 N–H and O–H groups in total. The number of fused-ring (bicyclic) bond motifs is 1. The molecule has 0 atom stereocenters. The molecule has 2 aromatic carbocycles. The molecule has 1 amide bonds. The van der Waals surface area contributed by atoms with Crippen LogP contribution in [0.5, 0.6) is 17.2 Å². The number of aryl methyl sites for hydroxylation is 1. The van der Waals surface area contributed by atoms with Crippen LogP contribution in [0.25, 0.3) is 10.9 Å². The highest BCUT2D eigenvalue weighted by molar-refractivity contribution is 6.03. The molecule has 0 aliphatic heterocycles. The number of hydrogen-bond acceptors (Lipinski definition) is 5. The first-order valence-electron chi connectivity index (χ1n) is 8.07. The Labute approximate surface area is 157 Å². The summed E-state index contributed by atoms with van der Waals surface area (Å²) in [6.45, 7) is -0.738. The average molecular weight is 386 g/mol. The number of para-hydroxylation sites is 1. The summed E-state index contributed by atoms with van der Waals surface area (Å²) in [4.78, 5) is 35.2. The lowest BCUT2D eigenvalue weighted by Gasteiger charge is -2.14. The number of pyridine rings is 1. The van der Waals surface area contributed by atoms with Gasteiger partial charge < -0.3 is 24.8 Å². The van der Waals surface area contributed by atoms with Crippen LogP contribution in [0.3, 0.4) is 0 Å². The van der Waals surface area contributed by atoms with Crippen molar-refractivity contribution in [3.05, 3.63) is 64.2 Å². The number of nitrogens with one attached hydrogen (secondary N) is 1. The third kappa shape index (κ3) is 3.50. The van der Waals surface area contributed by atoms with Crippen molar-refractivity contribution in [2.24, 2.45) is 7.05 Å². The van der Waals surface area contributed by atoms with E-state index in [9.17, 15) is 23.9 Å². The molecule has 9 heteroatoms. The number of hydrogen-bond donors (Lipinski definition) is 3. The van der Waals surface area contributed by atoms with Crippen LogP contribution < -0.4 is 15.6 Å². The van der Waals surface area contributed by atoms with E-state index >= 15 is 0 Å². The molecular weight excluding hydrogens is 371 g/mol. The summed E-state index contributed by atoms with van der Waals surface area (Å²) in [7, 11) is 1.34. The smallest absolute Gasteiger partial charge is 0.322 e. The third-order valence-corrected chi connectivity index (χ3v) is 4.02. The molecule has 1 heterocycles. The number of aromatic nitrogens is 1. The third-order valence-electron chi connectivity index (χ3n) is 4.02. The minimum atomic E-state index is -1.32. The Hall–Kier alpha value is -3.88. The van der Waals surface area contributed by atoms with Gasteiger partial charge in [-0.3, -0.25) is 14.4 Å². The summed E-state index contributed by atoms with van der Waals surface area (Å²) in [6.07, 6.45) is 0. The minimum absolute atomic E-state index is 0.0968. The number of halogens is 1. The van der Waals surface area contributed by atoms with Gasteiger partial charge in [-0.1, -0.05) is 18.2 Å². The van der Waals surface area contributed by atoms with Crippen molar-refractivity contribution in [2.45, 2.75) is 0 Å². The number of aliphatic carboxylic acids is 1. The van der Waals surface area contributed by atoms with Crippen LogP contribution in [-0.4, -0.2) is 33.2 Å². The Kier molecular flexibility index (Phi) is 4.99. The lowest BCUT2D eigenvalue weighted by atomic mass is 10.1. The van der Waals surface area contributed by atoms with Gasteiger partial charge in [0.15, 0.2) is 11.6 Å². The van der Waals surface area contributed by atoms with Gasteiger partial charge in [-0.25, -0.2) is 4.39 Å². The molecular formula is C19H15FN2O6. The van der Waals surface area contributed by atoms with Crippen molar-refractivity contribution in [3.63, 3.8) is 0 Å². The zero-order valence-electron chi connectivity index (χ0n) is 14.6. The lowest BCUT2D eigenvalue weighted by molar-refractivity contribution is -0.135. The number of ether oxygens (including phenoxy) is 1. The molecule has 144 valence electrons. The quantitative estimate of drug-likeness (QED) is 0.617. The van der Waals surface area contributed by atoms with E-state index in [4.69, 9.17) is 9.84 Å². The zero-order valence-corrected chi connectivity index (χ0v) is 14.6. The Morgan fingerprint density at radius 3 is 2.54 bits per heavy atom. The number of carbonyl (C=O) groups excluding carboxylic acids is 1. The summed E-state index contributed by atoms with van der Waals surface area (Å²) in [5, 5.41) is 20.9. The van der Waals surface area contributed by atoms with Crippen LogP contribution in [-0.2, 0) is 11.8 Å². The standard InChI is InChI=1S/C19H15FN2O6/c1-22-13-8-14(28-10-5-3-2-4-6-10)12(20)7-11(13)17(25)16(19(22)27)18(26)21-9-15(23)24/h2-8,25H,9H2,1H3,(H,21,26)(H,23,24). The Morgan fingerprint density at radius 2 is 1.89 bits per heavy atom. The maximum Gasteiger partial charge on any atom is 0.322 e. The number of carboxylic acid groups (broad SMARTS) is 1. The highest BCUT2D eigenvalue weighted by atomic mass is 19.1. The van der Waals surface area contributed by atoms with Crippen molar-refractivity contribution >= 4 is 22.8 Å². The molecule has 0 unspecified atom stereocenters. The molecule has 0 saturated carbocycles. The van der Waals surface area contributed by atoms with Gasteiger partial charge in [-0.15, -0.1) is 0 Å². The lowest BCUT2D eigenvalue weighted by Crippen LogP contribution is -2.35. The van der Waals surface area contributed by atoms with E-state index in [1.54, 1.807) is 30.3 Å². The van der Waals surface area contributed by atoms with Crippen LogP contribution in [0.1, 0.15) is 10.4 Å². The van der Waals surface area contributed by atoms with Gasteiger partial charge in [0.05, 0.1) is 5.52 Å². The van der Waals surface area contributed by atoms with Crippen molar-refractivity contribution in [1.29, 1.82) is 0 Å². The Balaban J connectivity index is 2.12. The first-order valence-corrected chi connectivity index (χ1v) is 8.07. The van der Waals surface area contributed by atoms with Gasteiger partial charge in [0.2, 0.25) is 0 Å². The second-order valence-electron chi connectivity index (χ2n) is 5.88. The summed E-state index contributed by atoms with van der Waals surface area (Å²) in [5.41, 5.74) is -1.41. The van der Waals surface area contributed by atoms with E-state index in [2.05, 4.69) is 0 Å². The summed E-state index contributed by atoms with van der Waals surface area (Å²) < 4.78 is 21.0. The number of nitrogens with zero attached hydrogens (tertiary/aromatic N) is 1. The molecule has 3 rings (SSSR count). The number of carbonyl (C=O) groups is 2. The zero-order chi connectivity index (χ0) is 20.4. The van der Waals surface area contributed by atoms with E-state index in [1.807, 2.05) is 5.32 Å². The number of amides is 1. The predicted octanol–water partition coefficient (Wildman–Crippen LogP) is 1.99. The van der Waals surface area contributed by atoms with Crippen molar-refractivity contribution in [2.75, 3.05) is 6.54 Å². The Bertz CT molecular complexity index is 1140. The monoisotopic (exact) mass is 386 g/mol. The predicted molar refractivity (Wildman–Crippen MR) is 97.3 cm³/mol. The molecule has 0 aliphatic carbocycles. The van der Waals surface area contributed by atoms with E-state index in [0.29, 0.717) is 5.75 Å². The van der Waals surface area contributed by atoms with Crippen LogP contribution in [0.2, 0.25) is 0 Å². The summed E-state index contributed by atoms with van der Waals surface area (Å²) in [6, 6.07) is 10.6. The van der Waals surface area contributed by atoms with E-state index in [-0.39, 0.29) is 16.7 Å². The van der Waals surface area contributed by atoms with Crippen LogP contribution >= 0.6 is 0 Å². The molecule has 8 nitrogen and oxygen atoms in total. The number of benzene rings is 2. The molecule has 0 saturated heterocycles. The second kappa shape index (κ2) is 7.39. The minimum Gasteiger partial charge on any atom is -0.506 e. The van der Waals surface area contributed by atoms with Gasteiger partial charge in [-0.2, -0.15) is 0 Å².